The molecule has 0 saturated heterocycles. The smallest absolute Gasteiger partial charge is 0.273 e. The number of hydrogen-bond donors (Lipinski definition) is 0. The zero-order valence-corrected chi connectivity index (χ0v) is 8.09. The molecule has 1 aliphatic rings. The number of nitrogens with zero attached hydrogens (tertiary/aromatic N) is 3. The van der Waals surface area contributed by atoms with E-state index in [1.54, 1.807) is 6.92 Å². The van der Waals surface area contributed by atoms with Gasteiger partial charge >= 0.3 is 12.2 Å². The van der Waals surface area contributed by atoms with Gasteiger partial charge in [0.05, 0.1) is 0 Å². The monoisotopic (exact) mass is 231 g/mol. The van der Waals surface area contributed by atoms with Gasteiger partial charge in [-0.15, -0.1) is 0 Å². The molecule has 1 heterocycles. The lowest BCUT2D eigenvalue weighted by atomic mass is 10.4. The molecule has 0 bridgehead atoms. The molecule has 0 aromatic heterocycles. The third kappa shape index (κ3) is 1.84. The van der Waals surface area contributed by atoms with Crippen molar-refractivity contribution in [2.24, 2.45) is 5.10 Å². The fourth-order valence-corrected chi connectivity index (χ4v) is 1.26. The third-order valence-corrected chi connectivity index (χ3v) is 2.15. The normalized spacial score (nSPS) is 22.7. The summed E-state index contributed by atoms with van der Waals surface area (Å²) in [5.74, 6) is 0. The van der Waals surface area contributed by atoms with Gasteiger partial charge in [0, 0.05) is 6.54 Å². The third-order valence-electron chi connectivity index (χ3n) is 2.15. The van der Waals surface area contributed by atoms with E-state index >= 15 is 0 Å². The molecule has 8 heteroatoms. The fourth-order valence-electron chi connectivity index (χ4n) is 1.26. The van der Waals surface area contributed by atoms with Crippen LogP contribution in [0.5, 0.6) is 0 Å². The van der Waals surface area contributed by atoms with Gasteiger partial charge in [0.2, 0.25) is 0 Å². The molecule has 0 N–H and O–H groups in total. The molecule has 3 nitrogen and oxygen atoms in total. The van der Waals surface area contributed by atoms with Crippen molar-refractivity contribution in [2.75, 3.05) is 6.54 Å². The Bertz CT molecular complexity index is 262. The summed E-state index contributed by atoms with van der Waals surface area (Å²) < 4.78 is 61.8. The average molecular weight is 231 g/mol. The first-order valence-electron chi connectivity index (χ1n) is 4.25. The van der Waals surface area contributed by atoms with Crippen molar-refractivity contribution in [1.82, 2.24) is 9.91 Å². The van der Waals surface area contributed by atoms with E-state index in [4.69, 9.17) is 0 Å². The van der Waals surface area contributed by atoms with Crippen LogP contribution in [0.1, 0.15) is 13.8 Å². The first-order valence-corrected chi connectivity index (χ1v) is 4.25. The summed E-state index contributed by atoms with van der Waals surface area (Å²) >= 11 is 0. The maximum absolute atomic E-state index is 12.9. The molecule has 0 saturated carbocycles. The number of hydrazone groups is 1. The van der Waals surface area contributed by atoms with Crippen LogP contribution in [0.15, 0.2) is 5.10 Å². The lowest BCUT2D eigenvalue weighted by Crippen LogP contribution is -2.55. The molecule has 0 radical (unpaired) electrons. The Balaban J connectivity index is 2.88. The predicted octanol–water partition coefficient (Wildman–Crippen LogP) is 2.07. The van der Waals surface area contributed by atoms with Gasteiger partial charge in [0.1, 0.15) is 12.5 Å². The summed E-state index contributed by atoms with van der Waals surface area (Å²) in [6.45, 7) is 3.11. The van der Waals surface area contributed by atoms with Gasteiger partial charge in [-0.2, -0.15) is 27.1 Å². The SMILES string of the molecule is CCN1N=CN(C(F)(F)C(F)(F)F)C1C. The Morgan fingerprint density at radius 3 is 2.13 bits per heavy atom. The van der Waals surface area contributed by atoms with Gasteiger partial charge in [-0.05, 0) is 13.8 Å². The number of alkyl halides is 5. The zero-order valence-electron chi connectivity index (χ0n) is 8.09. The Morgan fingerprint density at radius 1 is 1.27 bits per heavy atom. The molecule has 0 spiro atoms. The molecule has 0 aromatic rings. The molecule has 1 aliphatic heterocycles. The predicted molar refractivity (Wildman–Crippen MR) is 43.2 cm³/mol. The Labute approximate surface area is 83.1 Å². The molecule has 0 fully saturated rings. The zero-order chi connectivity index (χ0) is 11.9. The summed E-state index contributed by atoms with van der Waals surface area (Å²) in [6, 6.07) is -4.89. The number of hydrogen-bond acceptors (Lipinski definition) is 3. The summed E-state index contributed by atoms with van der Waals surface area (Å²) in [7, 11) is 0. The van der Waals surface area contributed by atoms with E-state index in [1.165, 1.54) is 6.92 Å². The van der Waals surface area contributed by atoms with Crippen LogP contribution in [0, 0.1) is 0 Å². The highest BCUT2D eigenvalue weighted by Crippen LogP contribution is 2.40. The molecule has 88 valence electrons. The molecule has 1 rings (SSSR count). The Kier molecular flexibility index (Phi) is 2.79. The van der Waals surface area contributed by atoms with Gasteiger partial charge < -0.3 is 0 Å². The Morgan fingerprint density at radius 2 is 1.80 bits per heavy atom. The maximum Gasteiger partial charge on any atom is 0.475 e. The van der Waals surface area contributed by atoms with E-state index in [9.17, 15) is 22.0 Å². The van der Waals surface area contributed by atoms with Crippen LogP contribution in [-0.4, -0.2) is 41.2 Å². The average Bonchev–Trinajstić information content (AvgIpc) is 2.44. The van der Waals surface area contributed by atoms with E-state index < -0.39 is 18.4 Å². The van der Waals surface area contributed by atoms with Crippen molar-refractivity contribution in [1.29, 1.82) is 0 Å². The highest BCUT2D eigenvalue weighted by Gasteiger charge is 2.63. The van der Waals surface area contributed by atoms with Crippen molar-refractivity contribution in [2.45, 2.75) is 32.2 Å². The van der Waals surface area contributed by atoms with Crippen LogP contribution in [0.2, 0.25) is 0 Å². The second-order valence-corrected chi connectivity index (χ2v) is 3.06. The van der Waals surface area contributed by atoms with Gasteiger partial charge in [0.15, 0.2) is 0 Å². The van der Waals surface area contributed by atoms with E-state index in [2.05, 4.69) is 5.10 Å². The van der Waals surface area contributed by atoms with Crippen LogP contribution in [0.4, 0.5) is 22.0 Å². The van der Waals surface area contributed by atoms with E-state index in [0.717, 1.165) is 5.01 Å². The van der Waals surface area contributed by atoms with Crippen LogP contribution < -0.4 is 0 Å². The number of halogens is 5. The van der Waals surface area contributed by atoms with Crippen LogP contribution in [-0.2, 0) is 0 Å². The van der Waals surface area contributed by atoms with Crippen molar-refractivity contribution in [3.8, 4) is 0 Å². The van der Waals surface area contributed by atoms with E-state index in [1.807, 2.05) is 0 Å². The lowest BCUT2D eigenvalue weighted by Gasteiger charge is -2.33. The Hall–Kier alpha value is -1.08. The second-order valence-electron chi connectivity index (χ2n) is 3.06. The minimum absolute atomic E-state index is 0.101. The topological polar surface area (TPSA) is 18.8 Å². The van der Waals surface area contributed by atoms with E-state index in [-0.39, 0.29) is 11.4 Å². The highest BCUT2D eigenvalue weighted by atomic mass is 19.4. The molecule has 0 amide bonds. The largest absolute Gasteiger partial charge is 0.475 e. The van der Waals surface area contributed by atoms with Gasteiger partial charge in [-0.25, -0.2) is 0 Å². The first-order chi connectivity index (χ1) is 6.71. The maximum atomic E-state index is 12.9. The van der Waals surface area contributed by atoms with Crippen molar-refractivity contribution in [3.63, 3.8) is 0 Å². The van der Waals surface area contributed by atoms with Crippen LogP contribution in [0.25, 0.3) is 0 Å². The summed E-state index contributed by atoms with van der Waals surface area (Å²) in [4.78, 5) is -0.101. The van der Waals surface area contributed by atoms with Crippen molar-refractivity contribution in [3.05, 3.63) is 0 Å². The van der Waals surface area contributed by atoms with Crippen LogP contribution in [0.3, 0.4) is 0 Å². The molecule has 0 aliphatic carbocycles. The highest BCUT2D eigenvalue weighted by molar-refractivity contribution is 5.58. The van der Waals surface area contributed by atoms with Gasteiger partial charge in [-0.1, -0.05) is 0 Å². The molecule has 0 aromatic carbocycles. The summed E-state index contributed by atoms with van der Waals surface area (Å²) in [6.07, 6.45) is -6.19. The molecule has 15 heavy (non-hydrogen) atoms. The number of rotatable bonds is 2. The second kappa shape index (κ2) is 3.49. The molecular weight excluding hydrogens is 221 g/mol. The van der Waals surface area contributed by atoms with Gasteiger partial charge in [0.25, 0.3) is 0 Å². The van der Waals surface area contributed by atoms with E-state index in [0.29, 0.717) is 6.34 Å². The summed E-state index contributed by atoms with van der Waals surface area (Å²) in [5.41, 5.74) is 0. The molecule has 1 atom stereocenters. The quantitative estimate of drug-likeness (QED) is 0.535. The van der Waals surface area contributed by atoms with Crippen LogP contribution >= 0.6 is 0 Å². The summed E-state index contributed by atoms with van der Waals surface area (Å²) in [5, 5.41) is 4.59. The van der Waals surface area contributed by atoms with Crippen molar-refractivity contribution >= 4 is 6.34 Å². The minimum atomic E-state index is -5.60. The molecule has 1 unspecified atom stereocenters. The first kappa shape index (κ1) is 12.0. The molecular formula is C7H10F5N3. The fraction of sp³-hybridized carbons (Fsp3) is 0.857. The van der Waals surface area contributed by atoms with Gasteiger partial charge in [-0.3, -0.25) is 9.91 Å². The standard InChI is InChI=1S/C7H10F5N3/c1-3-15-5(2)14(4-13-15)7(11,12)6(8,9)10/h4-5H,3H2,1-2H3. The minimum Gasteiger partial charge on any atom is -0.273 e. The van der Waals surface area contributed by atoms with Crippen molar-refractivity contribution < 1.29 is 22.0 Å². The lowest BCUT2D eigenvalue weighted by molar-refractivity contribution is -0.332.